The Balaban J connectivity index is 1.71. The van der Waals surface area contributed by atoms with E-state index in [1.165, 1.54) is 13.2 Å². The minimum atomic E-state index is -1.26. The molecule has 8 heteroatoms. The predicted octanol–water partition coefficient (Wildman–Crippen LogP) is 1.50. The second-order valence-corrected chi connectivity index (χ2v) is 8.33. The van der Waals surface area contributed by atoms with E-state index in [1.54, 1.807) is 64.2 Å². The van der Waals surface area contributed by atoms with Gasteiger partial charge in [-0.3, -0.25) is 0 Å². The van der Waals surface area contributed by atoms with Gasteiger partial charge in [-0.25, -0.2) is 4.79 Å². The van der Waals surface area contributed by atoms with Crippen LogP contribution in [-0.4, -0.2) is 64.2 Å². The fraction of sp³-hybridized carbons (Fsp3) is 0.522. The predicted molar refractivity (Wildman–Crippen MR) is 114 cm³/mol. The summed E-state index contributed by atoms with van der Waals surface area (Å²) in [5.41, 5.74) is -2.19. The van der Waals surface area contributed by atoms with Crippen molar-refractivity contribution in [1.82, 2.24) is 0 Å². The van der Waals surface area contributed by atoms with Gasteiger partial charge >= 0.3 is 5.63 Å². The van der Waals surface area contributed by atoms with Crippen LogP contribution in [0.1, 0.15) is 32.1 Å². The summed E-state index contributed by atoms with van der Waals surface area (Å²) in [5.74, 6) is 0.858. The van der Waals surface area contributed by atoms with Crippen molar-refractivity contribution in [2.75, 3.05) is 7.11 Å². The molecule has 31 heavy (non-hydrogen) atoms. The molecule has 0 spiro atoms. The number of allylic oxidation sites excluding steroid dienone is 4. The molecule has 2 fully saturated rings. The van der Waals surface area contributed by atoms with Crippen molar-refractivity contribution in [2.45, 2.75) is 69.4 Å². The van der Waals surface area contributed by atoms with E-state index in [1.807, 2.05) is 0 Å². The molecule has 0 aliphatic carbocycles. The van der Waals surface area contributed by atoms with Crippen LogP contribution in [0.4, 0.5) is 0 Å². The van der Waals surface area contributed by atoms with E-state index < -0.39 is 47.3 Å². The van der Waals surface area contributed by atoms with Crippen LogP contribution in [0.5, 0.6) is 5.75 Å². The van der Waals surface area contributed by atoms with E-state index >= 15 is 0 Å². The van der Waals surface area contributed by atoms with Gasteiger partial charge < -0.3 is 33.9 Å². The molecule has 0 saturated carbocycles. The van der Waals surface area contributed by atoms with Gasteiger partial charge in [0.2, 0.25) is 0 Å². The standard InChI is InChI=1S/C23H30O8/c1-13-15(29-18(25)12-17(13)28-5)10-8-6-7-9-11-16-19(26)22(3)21(27)23(4,30-16)20(31-22)14(2)24/h6-12,14,16,19-21,24,26-27H,1-5H3/b7-6+,10-8+,11-9+/t14-,16+,19+,20-,21-,22+,23-/m1/s1. The van der Waals surface area contributed by atoms with E-state index in [0.29, 0.717) is 17.1 Å². The highest BCUT2D eigenvalue weighted by atomic mass is 16.6. The fourth-order valence-electron chi connectivity index (χ4n) is 4.32. The Hall–Kier alpha value is -2.23. The largest absolute Gasteiger partial charge is 0.496 e. The summed E-state index contributed by atoms with van der Waals surface area (Å²) in [6.07, 6.45) is 5.61. The van der Waals surface area contributed by atoms with Crippen molar-refractivity contribution in [2.24, 2.45) is 0 Å². The third-order valence-electron chi connectivity index (χ3n) is 6.06. The van der Waals surface area contributed by atoms with E-state index in [4.69, 9.17) is 18.6 Å². The summed E-state index contributed by atoms with van der Waals surface area (Å²) in [6.45, 7) is 6.65. The highest BCUT2D eigenvalue weighted by molar-refractivity contribution is 5.52. The summed E-state index contributed by atoms with van der Waals surface area (Å²) in [7, 11) is 1.49. The number of ether oxygens (including phenoxy) is 3. The summed E-state index contributed by atoms with van der Waals surface area (Å²) in [4.78, 5) is 11.6. The van der Waals surface area contributed by atoms with Crippen LogP contribution in [-0.2, 0) is 9.47 Å². The van der Waals surface area contributed by atoms with Gasteiger partial charge in [0.15, 0.2) is 0 Å². The lowest BCUT2D eigenvalue weighted by atomic mass is 9.77. The molecule has 1 aromatic rings. The molecule has 3 heterocycles. The normalized spacial score (nSPS) is 36.6. The SMILES string of the molecule is COc1cc(=O)oc(/C=C/C=C/C=C/[C@@H]2O[C@@]3(C)[C@H](O)[C@@](C)(O[C@@H]3[C@@H](C)O)[C@H]2O)c1C. The van der Waals surface area contributed by atoms with Crippen LogP contribution in [0.3, 0.4) is 0 Å². The Kier molecular flexibility index (Phi) is 6.59. The Morgan fingerprint density at radius 3 is 2.45 bits per heavy atom. The average Bonchev–Trinajstić information content (AvgIpc) is 2.87. The Labute approximate surface area is 181 Å². The summed E-state index contributed by atoms with van der Waals surface area (Å²) >= 11 is 0. The minimum absolute atomic E-state index is 0.400. The molecule has 2 aliphatic rings. The lowest BCUT2D eigenvalue weighted by Gasteiger charge is -2.45. The molecule has 3 rings (SSSR count). The fourth-order valence-corrected chi connectivity index (χ4v) is 4.32. The molecule has 0 radical (unpaired) electrons. The van der Waals surface area contributed by atoms with E-state index in [9.17, 15) is 20.1 Å². The van der Waals surface area contributed by atoms with Crippen LogP contribution in [0, 0.1) is 6.92 Å². The summed E-state index contributed by atoms with van der Waals surface area (Å²) < 4.78 is 22.1. The number of fused-ring (bicyclic) bond motifs is 2. The molecule has 3 N–H and O–H groups in total. The average molecular weight is 434 g/mol. The number of hydrogen-bond acceptors (Lipinski definition) is 8. The van der Waals surface area contributed by atoms with E-state index in [-0.39, 0.29) is 0 Å². The van der Waals surface area contributed by atoms with Crippen molar-refractivity contribution >= 4 is 6.08 Å². The lowest BCUT2D eigenvalue weighted by Crippen LogP contribution is -2.65. The van der Waals surface area contributed by atoms with Crippen molar-refractivity contribution in [3.8, 4) is 5.75 Å². The van der Waals surface area contributed by atoms with Crippen LogP contribution in [0.25, 0.3) is 6.08 Å². The topological polar surface area (TPSA) is 119 Å². The molecule has 2 bridgehead atoms. The molecule has 0 unspecified atom stereocenters. The van der Waals surface area contributed by atoms with Gasteiger partial charge in [0.1, 0.15) is 47.1 Å². The van der Waals surface area contributed by atoms with Crippen molar-refractivity contribution in [1.29, 1.82) is 0 Å². The molecular weight excluding hydrogens is 404 g/mol. The van der Waals surface area contributed by atoms with Crippen molar-refractivity contribution in [3.63, 3.8) is 0 Å². The van der Waals surface area contributed by atoms with Gasteiger partial charge in [0, 0.05) is 5.56 Å². The van der Waals surface area contributed by atoms with Crippen LogP contribution < -0.4 is 10.4 Å². The van der Waals surface area contributed by atoms with Gasteiger partial charge in [-0.05, 0) is 33.8 Å². The molecule has 0 amide bonds. The first kappa shape index (κ1) is 23.4. The molecule has 2 aliphatic heterocycles. The number of hydrogen-bond donors (Lipinski definition) is 3. The summed E-state index contributed by atoms with van der Waals surface area (Å²) in [5, 5.41) is 31.4. The monoisotopic (exact) mass is 434 g/mol. The quantitative estimate of drug-likeness (QED) is 0.577. The lowest BCUT2D eigenvalue weighted by molar-refractivity contribution is -0.225. The Morgan fingerprint density at radius 2 is 1.81 bits per heavy atom. The smallest absolute Gasteiger partial charge is 0.339 e. The minimum Gasteiger partial charge on any atom is -0.496 e. The van der Waals surface area contributed by atoms with Gasteiger partial charge in [-0.2, -0.15) is 0 Å². The molecule has 170 valence electrons. The molecule has 8 nitrogen and oxygen atoms in total. The maximum Gasteiger partial charge on any atom is 0.339 e. The zero-order chi connectivity index (χ0) is 23.0. The third-order valence-corrected chi connectivity index (χ3v) is 6.06. The molecule has 0 aromatic carbocycles. The Morgan fingerprint density at radius 1 is 1.13 bits per heavy atom. The van der Waals surface area contributed by atoms with Crippen molar-refractivity contribution in [3.05, 3.63) is 58.2 Å². The second-order valence-electron chi connectivity index (χ2n) is 8.33. The van der Waals surface area contributed by atoms with Crippen LogP contribution in [0.15, 0.2) is 45.7 Å². The van der Waals surface area contributed by atoms with Gasteiger partial charge in [0.25, 0.3) is 0 Å². The highest BCUT2D eigenvalue weighted by Gasteiger charge is 2.69. The number of rotatable bonds is 6. The van der Waals surface area contributed by atoms with Crippen molar-refractivity contribution < 1.29 is 33.9 Å². The number of methoxy groups -OCH3 is 1. The first-order valence-electron chi connectivity index (χ1n) is 10.1. The van der Waals surface area contributed by atoms with Gasteiger partial charge in [0.05, 0.1) is 19.3 Å². The molecular formula is C23H30O8. The first-order chi connectivity index (χ1) is 14.5. The van der Waals surface area contributed by atoms with Gasteiger partial charge in [-0.1, -0.05) is 30.4 Å². The zero-order valence-corrected chi connectivity index (χ0v) is 18.3. The summed E-state index contributed by atoms with van der Waals surface area (Å²) in [6, 6.07) is 1.29. The maximum atomic E-state index is 11.6. The third kappa shape index (κ3) is 4.14. The highest BCUT2D eigenvalue weighted by Crippen LogP contribution is 2.49. The molecule has 1 aromatic heterocycles. The second kappa shape index (κ2) is 8.72. The van der Waals surface area contributed by atoms with Gasteiger partial charge in [-0.15, -0.1) is 0 Å². The number of aliphatic hydroxyl groups excluding tert-OH is 3. The molecule has 2 saturated heterocycles. The molecule has 7 atom stereocenters. The number of aliphatic hydroxyl groups is 3. The van der Waals surface area contributed by atoms with E-state index in [2.05, 4.69) is 0 Å². The van der Waals surface area contributed by atoms with Crippen LogP contribution in [0.2, 0.25) is 0 Å². The Bertz CT molecular complexity index is 945. The first-order valence-corrected chi connectivity index (χ1v) is 10.1. The van der Waals surface area contributed by atoms with Crippen LogP contribution >= 0.6 is 0 Å². The maximum absolute atomic E-state index is 11.6. The van der Waals surface area contributed by atoms with E-state index in [0.717, 1.165) is 0 Å². The zero-order valence-electron chi connectivity index (χ0n) is 18.3.